The molecule has 3 aromatic rings. The quantitative estimate of drug-likeness (QED) is 0.562. The van der Waals surface area contributed by atoms with Crippen molar-refractivity contribution in [2.45, 2.75) is 4.90 Å². The van der Waals surface area contributed by atoms with Crippen LogP contribution in [0.3, 0.4) is 0 Å². The minimum absolute atomic E-state index is 0.00447. The lowest BCUT2D eigenvalue weighted by molar-refractivity contribution is 0.102. The van der Waals surface area contributed by atoms with Gasteiger partial charge in [0.1, 0.15) is 0 Å². The van der Waals surface area contributed by atoms with Crippen LogP contribution < -0.4 is 5.32 Å². The highest BCUT2D eigenvalue weighted by Crippen LogP contribution is 2.32. The van der Waals surface area contributed by atoms with Crippen LogP contribution in [0.1, 0.15) is 10.4 Å². The molecule has 0 saturated heterocycles. The maximum atomic E-state index is 12.5. The first-order chi connectivity index (χ1) is 12.6. The standard InChI is InChI=1S/C17H11Cl3N2O3S2/c1-27(24,25)10-3-5-13(19)12(7-10)16(23)22-17-21-15(8-26-17)11-4-2-9(18)6-14(11)20/h2-8H,1H3,(H,21,22,23). The average Bonchev–Trinajstić information content (AvgIpc) is 3.02. The van der Waals surface area contributed by atoms with E-state index in [9.17, 15) is 13.2 Å². The molecule has 0 unspecified atom stereocenters. The molecule has 0 atom stereocenters. The molecule has 1 N–H and O–H groups in total. The van der Waals surface area contributed by atoms with Gasteiger partial charge in [-0.1, -0.05) is 34.8 Å². The molecular formula is C17H11Cl3N2O3S2. The summed E-state index contributed by atoms with van der Waals surface area (Å²) in [6, 6.07) is 8.98. The van der Waals surface area contributed by atoms with E-state index < -0.39 is 15.7 Å². The highest BCUT2D eigenvalue weighted by molar-refractivity contribution is 7.90. The molecule has 1 amide bonds. The number of aromatic nitrogens is 1. The summed E-state index contributed by atoms with van der Waals surface area (Å²) in [7, 11) is -3.47. The van der Waals surface area contributed by atoms with Crippen LogP contribution in [-0.2, 0) is 9.84 Å². The van der Waals surface area contributed by atoms with Crippen molar-refractivity contribution < 1.29 is 13.2 Å². The third-order valence-corrected chi connectivity index (χ3v) is 6.29. The number of carbonyl (C=O) groups excluding carboxylic acids is 1. The zero-order valence-electron chi connectivity index (χ0n) is 13.7. The topological polar surface area (TPSA) is 76.1 Å². The van der Waals surface area contributed by atoms with Crippen molar-refractivity contribution in [2.24, 2.45) is 0 Å². The van der Waals surface area contributed by atoms with Crippen LogP contribution in [0, 0.1) is 0 Å². The molecule has 140 valence electrons. The lowest BCUT2D eigenvalue weighted by Crippen LogP contribution is -2.13. The van der Waals surface area contributed by atoms with Crippen molar-refractivity contribution in [2.75, 3.05) is 11.6 Å². The monoisotopic (exact) mass is 460 g/mol. The van der Waals surface area contributed by atoms with Crippen molar-refractivity contribution in [3.63, 3.8) is 0 Å². The van der Waals surface area contributed by atoms with E-state index in [0.717, 1.165) is 6.26 Å². The van der Waals surface area contributed by atoms with Gasteiger partial charge in [-0.25, -0.2) is 13.4 Å². The van der Waals surface area contributed by atoms with E-state index in [1.165, 1.54) is 29.5 Å². The summed E-state index contributed by atoms with van der Waals surface area (Å²) in [6.07, 6.45) is 1.06. The maximum absolute atomic E-state index is 12.5. The summed E-state index contributed by atoms with van der Waals surface area (Å²) < 4.78 is 23.4. The van der Waals surface area contributed by atoms with Gasteiger partial charge in [-0.2, -0.15) is 0 Å². The molecule has 0 bridgehead atoms. The number of thiazole rings is 1. The average molecular weight is 462 g/mol. The number of sulfone groups is 1. The molecule has 0 fully saturated rings. The number of hydrogen-bond acceptors (Lipinski definition) is 5. The molecule has 5 nitrogen and oxygen atoms in total. The van der Waals surface area contributed by atoms with Crippen LogP contribution in [-0.4, -0.2) is 25.6 Å². The van der Waals surface area contributed by atoms with E-state index in [0.29, 0.717) is 26.4 Å². The molecule has 2 aromatic carbocycles. The second-order valence-corrected chi connectivity index (χ2v) is 9.65. The number of nitrogens with one attached hydrogen (secondary N) is 1. The van der Waals surface area contributed by atoms with Gasteiger partial charge in [0.05, 0.1) is 26.2 Å². The molecule has 0 aliphatic heterocycles. The Morgan fingerprint density at radius 2 is 1.81 bits per heavy atom. The summed E-state index contributed by atoms with van der Waals surface area (Å²) >= 11 is 19.3. The predicted molar refractivity (Wildman–Crippen MR) is 110 cm³/mol. The fourth-order valence-corrected chi connectivity index (χ4v) is 4.29. The Morgan fingerprint density at radius 1 is 1.07 bits per heavy atom. The number of rotatable bonds is 4. The first kappa shape index (κ1) is 20.1. The molecule has 0 spiro atoms. The van der Waals surface area contributed by atoms with E-state index in [1.807, 2.05) is 0 Å². The Balaban J connectivity index is 1.87. The second-order valence-electron chi connectivity index (χ2n) is 5.53. The molecule has 0 radical (unpaired) electrons. The minimum atomic E-state index is -3.47. The summed E-state index contributed by atoms with van der Waals surface area (Å²) in [5.41, 5.74) is 1.30. The van der Waals surface area contributed by atoms with Crippen LogP contribution in [0.25, 0.3) is 11.3 Å². The Labute approximate surface area is 174 Å². The molecule has 1 heterocycles. The lowest BCUT2D eigenvalue weighted by Gasteiger charge is -2.06. The Kier molecular flexibility index (Phi) is 5.79. The van der Waals surface area contributed by atoms with Crippen LogP contribution in [0.4, 0.5) is 5.13 Å². The fraction of sp³-hybridized carbons (Fsp3) is 0.0588. The molecule has 27 heavy (non-hydrogen) atoms. The first-order valence-corrected chi connectivity index (χ1v) is 11.3. The third kappa shape index (κ3) is 4.62. The number of nitrogens with zero attached hydrogens (tertiary/aromatic N) is 1. The highest BCUT2D eigenvalue weighted by Gasteiger charge is 2.17. The van der Waals surface area contributed by atoms with Crippen molar-refractivity contribution in [1.29, 1.82) is 0 Å². The van der Waals surface area contributed by atoms with Gasteiger partial charge in [0.2, 0.25) is 0 Å². The summed E-state index contributed by atoms with van der Waals surface area (Å²) in [6.45, 7) is 0. The smallest absolute Gasteiger partial charge is 0.259 e. The normalized spacial score (nSPS) is 11.4. The van der Waals surface area contributed by atoms with E-state index in [2.05, 4.69) is 10.3 Å². The van der Waals surface area contributed by atoms with Crippen molar-refractivity contribution in [3.05, 3.63) is 62.4 Å². The van der Waals surface area contributed by atoms with Gasteiger partial charge in [0.25, 0.3) is 5.91 Å². The van der Waals surface area contributed by atoms with Crippen molar-refractivity contribution in [3.8, 4) is 11.3 Å². The van der Waals surface area contributed by atoms with Crippen LogP contribution in [0.5, 0.6) is 0 Å². The SMILES string of the molecule is CS(=O)(=O)c1ccc(Cl)c(C(=O)Nc2nc(-c3ccc(Cl)cc3Cl)cs2)c1. The van der Waals surface area contributed by atoms with Crippen molar-refractivity contribution >= 4 is 67.0 Å². The summed E-state index contributed by atoms with van der Waals surface area (Å²) in [4.78, 5) is 16.8. The molecule has 10 heteroatoms. The second kappa shape index (κ2) is 7.77. The molecule has 3 rings (SSSR count). The van der Waals surface area contributed by atoms with Crippen LogP contribution in [0.2, 0.25) is 15.1 Å². The highest BCUT2D eigenvalue weighted by atomic mass is 35.5. The largest absolute Gasteiger partial charge is 0.298 e. The number of anilines is 1. The number of amides is 1. The molecule has 0 aliphatic rings. The van der Waals surface area contributed by atoms with E-state index in [-0.39, 0.29) is 15.5 Å². The van der Waals surface area contributed by atoms with Gasteiger partial charge in [0, 0.05) is 22.2 Å². The lowest BCUT2D eigenvalue weighted by atomic mass is 10.2. The van der Waals surface area contributed by atoms with Gasteiger partial charge in [-0.05, 0) is 36.4 Å². The Bertz CT molecular complexity index is 1140. The van der Waals surface area contributed by atoms with Crippen LogP contribution >= 0.6 is 46.1 Å². The first-order valence-electron chi connectivity index (χ1n) is 7.37. The molecular weight excluding hydrogens is 451 g/mol. The number of halogens is 3. The minimum Gasteiger partial charge on any atom is -0.298 e. The number of benzene rings is 2. The van der Waals surface area contributed by atoms with Crippen molar-refractivity contribution in [1.82, 2.24) is 4.98 Å². The van der Waals surface area contributed by atoms with E-state index in [1.54, 1.807) is 23.6 Å². The summed E-state index contributed by atoms with van der Waals surface area (Å²) in [5.74, 6) is -0.561. The van der Waals surface area contributed by atoms with Gasteiger partial charge < -0.3 is 0 Å². The number of hydrogen-bond donors (Lipinski definition) is 1. The van der Waals surface area contributed by atoms with E-state index in [4.69, 9.17) is 34.8 Å². The molecule has 0 saturated carbocycles. The fourth-order valence-electron chi connectivity index (χ4n) is 2.23. The Morgan fingerprint density at radius 3 is 2.48 bits per heavy atom. The zero-order valence-corrected chi connectivity index (χ0v) is 17.6. The van der Waals surface area contributed by atoms with Gasteiger partial charge in [-0.3, -0.25) is 10.1 Å². The van der Waals surface area contributed by atoms with E-state index >= 15 is 0 Å². The molecule has 0 aliphatic carbocycles. The third-order valence-electron chi connectivity index (χ3n) is 3.54. The number of carbonyl (C=O) groups is 1. The summed E-state index contributed by atoms with van der Waals surface area (Å²) in [5, 5.41) is 5.76. The van der Waals surface area contributed by atoms with Gasteiger partial charge in [-0.15, -0.1) is 11.3 Å². The Hall–Kier alpha value is -1.64. The molecule has 1 aromatic heterocycles. The predicted octanol–water partition coefficient (Wildman–Crippen LogP) is 5.43. The maximum Gasteiger partial charge on any atom is 0.259 e. The van der Waals surface area contributed by atoms with Crippen LogP contribution in [0.15, 0.2) is 46.7 Å². The van der Waals surface area contributed by atoms with Gasteiger partial charge in [0.15, 0.2) is 15.0 Å². The van der Waals surface area contributed by atoms with Gasteiger partial charge >= 0.3 is 0 Å². The zero-order chi connectivity index (χ0) is 19.8.